The van der Waals surface area contributed by atoms with Crippen molar-refractivity contribution in [2.24, 2.45) is 0 Å². The van der Waals surface area contributed by atoms with Gasteiger partial charge in [0.15, 0.2) is 22.7 Å². The lowest BCUT2D eigenvalue weighted by Gasteiger charge is -2.24. The summed E-state index contributed by atoms with van der Waals surface area (Å²) in [5.74, 6) is -1.35. The van der Waals surface area contributed by atoms with Gasteiger partial charge in [0.05, 0.1) is 14.2 Å². The van der Waals surface area contributed by atoms with Crippen LogP contribution in [0, 0.1) is 11.6 Å². The number of carbonyl (C=O) groups is 2. The number of esters is 2. The van der Waals surface area contributed by atoms with Crippen LogP contribution in [-0.2, 0) is 33.3 Å². The van der Waals surface area contributed by atoms with E-state index in [2.05, 4.69) is 17.0 Å². The molecule has 2 spiro atoms. The van der Waals surface area contributed by atoms with Gasteiger partial charge >= 0.3 is 17.2 Å². The maximum atomic E-state index is 13.3. The first-order valence-electron chi connectivity index (χ1n) is 18.5. The maximum Gasteiger partial charge on any atom is 0.357 e. The van der Waals surface area contributed by atoms with Crippen molar-refractivity contribution in [3.8, 4) is 22.3 Å². The number of hydrogen-bond donors (Lipinski definition) is 1. The summed E-state index contributed by atoms with van der Waals surface area (Å²) in [7, 11) is 2.83. The molecule has 8 nitrogen and oxygen atoms in total. The molecule has 0 aromatic heterocycles. The minimum Gasteiger partial charge on any atom is -0.507 e. The monoisotopic (exact) mass is 900 g/mol. The molecule has 15 heteroatoms. The van der Waals surface area contributed by atoms with Gasteiger partial charge in [-0.15, -0.1) is 0 Å². The summed E-state index contributed by atoms with van der Waals surface area (Å²) in [6.45, 7) is 0. The van der Waals surface area contributed by atoms with Gasteiger partial charge in [0.25, 0.3) is 4.51 Å². The number of carbonyl (C=O) groups excluding carboxylic acids is 2. The summed E-state index contributed by atoms with van der Waals surface area (Å²) in [6.07, 6.45) is 6.21. The van der Waals surface area contributed by atoms with Gasteiger partial charge < -0.3 is 28.8 Å². The Hall–Kier alpha value is -4.59. The van der Waals surface area contributed by atoms with E-state index < -0.39 is 23.1 Å². The Balaban J connectivity index is 0.000000180. The molecule has 308 valence electrons. The van der Waals surface area contributed by atoms with E-state index >= 15 is 0 Å². The zero-order valence-electron chi connectivity index (χ0n) is 31.8. The van der Waals surface area contributed by atoms with Crippen LogP contribution in [-0.4, -0.2) is 52.2 Å². The van der Waals surface area contributed by atoms with Crippen molar-refractivity contribution >= 4 is 92.1 Å². The molecule has 4 aromatic carbocycles. The molecule has 0 bridgehead atoms. The lowest BCUT2D eigenvalue weighted by molar-refractivity contribution is -0.147. The molecule has 8 rings (SSSR count). The molecule has 0 unspecified atom stereocenters. The highest BCUT2D eigenvalue weighted by Gasteiger charge is 2.53. The number of rotatable bonds is 5. The average Bonchev–Trinajstić information content (AvgIpc) is 4.01. The number of hydrogen-bond acceptors (Lipinski definition) is 10. The molecule has 2 fully saturated rings. The zero-order chi connectivity index (χ0) is 42.5. The fourth-order valence-electron chi connectivity index (χ4n) is 7.57. The topological polar surface area (TPSA) is 101 Å². The molecule has 2 aliphatic carbocycles. The van der Waals surface area contributed by atoms with Gasteiger partial charge in [0, 0.05) is 33.4 Å². The summed E-state index contributed by atoms with van der Waals surface area (Å²) in [4.78, 5) is 25.4. The number of halogens is 5. The first-order chi connectivity index (χ1) is 28.2. The Labute approximate surface area is 365 Å². The largest absolute Gasteiger partial charge is 0.507 e. The second kappa shape index (κ2) is 18.8. The van der Waals surface area contributed by atoms with Gasteiger partial charge in [-0.3, -0.25) is 0 Å². The molecule has 2 saturated carbocycles. The molecule has 0 atom stereocenters. The van der Waals surface area contributed by atoms with E-state index in [0.29, 0.717) is 52.6 Å². The third-order valence-electron chi connectivity index (χ3n) is 10.5. The zero-order valence-corrected chi connectivity index (χ0v) is 35.7. The predicted octanol–water partition coefficient (Wildman–Crippen LogP) is 12.1. The van der Waals surface area contributed by atoms with Crippen LogP contribution in [0.2, 0.25) is 10.0 Å². The normalized spacial score (nSPS) is 17.2. The van der Waals surface area contributed by atoms with Gasteiger partial charge in [-0.25, -0.2) is 18.4 Å². The minimum atomic E-state index is -0.887. The summed E-state index contributed by atoms with van der Waals surface area (Å²) in [5, 5.41) is 11.4. The van der Waals surface area contributed by atoms with Crippen LogP contribution in [0.15, 0.2) is 96.4 Å². The van der Waals surface area contributed by atoms with Gasteiger partial charge in [0.2, 0.25) is 0 Å². The van der Waals surface area contributed by atoms with E-state index in [4.69, 9.17) is 66.0 Å². The smallest absolute Gasteiger partial charge is 0.357 e. The van der Waals surface area contributed by atoms with E-state index in [0.717, 1.165) is 47.9 Å². The third-order valence-corrected chi connectivity index (χ3v) is 11.7. The van der Waals surface area contributed by atoms with E-state index in [-0.39, 0.29) is 38.3 Å². The summed E-state index contributed by atoms with van der Waals surface area (Å²) in [5.41, 5.74) is 2.72. The molecule has 0 amide bonds. The Morgan fingerprint density at radius 2 is 1.03 bits per heavy atom. The Morgan fingerprint density at radius 1 is 0.644 bits per heavy atom. The Morgan fingerprint density at radius 3 is 1.47 bits per heavy atom. The van der Waals surface area contributed by atoms with Crippen molar-refractivity contribution in [1.82, 2.24) is 0 Å². The van der Waals surface area contributed by atoms with Crippen LogP contribution in [0.25, 0.3) is 33.4 Å². The molecule has 1 N–H and O–H groups in total. The maximum absolute atomic E-state index is 13.3. The fourth-order valence-corrected chi connectivity index (χ4v) is 8.08. The number of aliphatic hydroxyl groups is 1. The van der Waals surface area contributed by atoms with Gasteiger partial charge in [-0.2, -0.15) is 0 Å². The van der Waals surface area contributed by atoms with E-state index in [1.807, 2.05) is 6.07 Å². The number of methoxy groups -OCH3 is 2. The van der Waals surface area contributed by atoms with Crippen LogP contribution in [0.5, 0.6) is 0 Å². The number of ether oxygens (including phenoxy) is 5. The molecule has 2 aliphatic heterocycles. The highest BCUT2D eigenvalue weighted by molar-refractivity contribution is 7.82. The van der Waals surface area contributed by atoms with E-state index in [9.17, 15) is 23.5 Å². The number of thiocarbonyl (C=S) groups is 2. The van der Waals surface area contributed by atoms with Crippen molar-refractivity contribution in [1.29, 1.82) is 0 Å². The number of benzene rings is 4. The highest BCUT2D eigenvalue weighted by Crippen LogP contribution is 2.50. The summed E-state index contributed by atoms with van der Waals surface area (Å²) >= 11 is 27.1. The van der Waals surface area contributed by atoms with E-state index in [1.165, 1.54) is 38.5 Å². The lowest BCUT2D eigenvalue weighted by Crippen LogP contribution is -2.30. The quantitative estimate of drug-likeness (QED) is 0.118. The SMILES string of the molecule is COC(=S)Cl.COC(=S)OC1=C(c2cc(-c3ccc(F)cc3)ccc2Cl)C(=O)OC12CCCC2.O=C1OC2(CCCC2)C(O)=C1c1cc(-c2ccc(F)cc2)ccc1Cl. The molecule has 59 heavy (non-hydrogen) atoms. The van der Waals surface area contributed by atoms with Crippen molar-refractivity contribution in [3.63, 3.8) is 0 Å². The van der Waals surface area contributed by atoms with Crippen LogP contribution in [0.3, 0.4) is 0 Å². The second-order valence-electron chi connectivity index (χ2n) is 14.0. The van der Waals surface area contributed by atoms with Crippen LogP contribution >= 0.6 is 59.2 Å². The average molecular weight is 902 g/mol. The highest BCUT2D eigenvalue weighted by atomic mass is 35.5. The van der Waals surface area contributed by atoms with Crippen LogP contribution < -0.4 is 0 Å². The Kier molecular flexibility index (Phi) is 14.0. The van der Waals surface area contributed by atoms with Crippen LogP contribution in [0.1, 0.15) is 62.5 Å². The molecule has 0 saturated heterocycles. The molecular weight excluding hydrogens is 865 g/mol. The van der Waals surface area contributed by atoms with E-state index in [1.54, 1.807) is 54.6 Å². The second-order valence-corrected chi connectivity index (χ2v) is 16.1. The molecule has 2 heterocycles. The molecule has 4 aliphatic rings. The third kappa shape index (κ3) is 9.58. The van der Waals surface area contributed by atoms with Gasteiger partial charge in [-0.1, -0.05) is 59.6 Å². The molecular formula is C44H37Cl3F2O8S2. The van der Waals surface area contributed by atoms with Gasteiger partial charge in [0.1, 0.15) is 22.8 Å². The Bertz CT molecular complexity index is 2340. The van der Waals surface area contributed by atoms with Crippen LogP contribution in [0.4, 0.5) is 8.78 Å². The molecule has 4 aromatic rings. The first-order valence-corrected chi connectivity index (χ1v) is 20.4. The minimum absolute atomic E-state index is 0.0202. The van der Waals surface area contributed by atoms with Crippen molar-refractivity contribution in [3.05, 3.63) is 129 Å². The molecule has 0 radical (unpaired) electrons. The number of aliphatic hydroxyl groups excluding tert-OH is 1. The van der Waals surface area contributed by atoms with Crippen molar-refractivity contribution in [2.75, 3.05) is 14.2 Å². The van der Waals surface area contributed by atoms with Gasteiger partial charge in [-0.05, 0) is 146 Å². The lowest BCUT2D eigenvalue weighted by atomic mass is 9.93. The van der Waals surface area contributed by atoms with Crippen molar-refractivity contribution < 1.29 is 47.2 Å². The standard InChI is InChI=1S/C22H18ClFO4S.C20H16ClFO3.C2H3ClOS/c1-26-21(29)27-19-18(20(25)28-22(19)10-2-3-11-22)16-12-14(6-9-17(16)23)13-4-7-15(24)8-5-13;21-16-8-5-13(12-3-6-14(22)7-4-12)11-15(16)17-18(23)20(25-19(17)24)9-1-2-10-20;1-4-2(3)5/h4-9,12H,2-3,10-11H2,1H3;3-8,11,23H,1-2,9-10H2;1H3. The predicted molar refractivity (Wildman–Crippen MR) is 231 cm³/mol. The fraction of sp³-hybridized carbons (Fsp3) is 0.273. The summed E-state index contributed by atoms with van der Waals surface area (Å²) in [6, 6.07) is 22.6. The summed E-state index contributed by atoms with van der Waals surface area (Å²) < 4.78 is 52.9. The first kappa shape index (κ1) is 44.0. The van der Waals surface area contributed by atoms with Crippen molar-refractivity contribution in [2.45, 2.75) is 62.6 Å².